The highest BCUT2D eigenvalue weighted by Gasteiger charge is 2.20. The van der Waals surface area contributed by atoms with E-state index in [9.17, 15) is 48.9 Å². The topological polar surface area (TPSA) is 277 Å². The molecule has 0 amide bonds. The monoisotopic (exact) mass is 595 g/mol. The van der Waals surface area contributed by atoms with E-state index in [2.05, 4.69) is 0 Å². The Labute approximate surface area is 234 Å². The minimum atomic E-state index is -1.27. The second kappa shape index (κ2) is 20.0. The Morgan fingerprint density at radius 3 is 0.537 bits per heavy atom. The van der Waals surface area contributed by atoms with Crippen molar-refractivity contribution in [3.63, 3.8) is 0 Å². The van der Waals surface area contributed by atoms with Gasteiger partial charge in [-0.2, -0.15) is 0 Å². The lowest BCUT2D eigenvalue weighted by molar-refractivity contribution is -0.144. The SMILES string of the molecule is O=C(O)CN(CCN(CCN(CC(=O)O)CC(=O)O)CC(=O)O)CCN(CCN(CC(=O)O)CC(=O)O)CC(=O)O. The summed E-state index contributed by atoms with van der Waals surface area (Å²) >= 11 is 0. The molecule has 0 bridgehead atoms. The Bertz CT molecular complexity index is 821. The Hall–Kier alpha value is -3.91. The smallest absolute Gasteiger partial charge is 0.317 e. The molecule has 0 radical (unpaired) electrons. The predicted octanol–water partition coefficient (Wildman–Crippen LogP) is -3.91. The van der Waals surface area contributed by atoms with E-state index in [0.717, 1.165) is 9.80 Å². The van der Waals surface area contributed by atoms with Gasteiger partial charge in [0, 0.05) is 52.4 Å². The van der Waals surface area contributed by atoms with Crippen molar-refractivity contribution in [1.29, 1.82) is 0 Å². The van der Waals surface area contributed by atoms with Crippen molar-refractivity contribution in [2.24, 2.45) is 0 Å². The van der Waals surface area contributed by atoms with Crippen molar-refractivity contribution in [3.05, 3.63) is 0 Å². The molecular weight excluding hydrogens is 558 g/mol. The van der Waals surface area contributed by atoms with Crippen molar-refractivity contribution in [2.45, 2.75) is 0 Å². The summed E-state index contributed by atoms with van der Waals surface area (Å²) in [7, 11) is 0. The third-order valence-corrected chi connectivity index (χ3v) is 5.44. The van der Waals surface area contributed by atoms with Gasteiger partial charge in [-0.15, -0.1) is 0 Å². The number of hydrogen-bond donors (Lipinski definition) is 7. The van der Waals surface area contributed by atoms with Gasteiger partial charge >= 0.3 is 41.8 Å². The average molecular weight is 596 g/mol. The third-order valence-electron chi connectivity index (χ3n) is 5.44. The normalized spacial score (nSPS) is 11.4. The maximum atomic E-state index is 11.4. The fraction of sp³-hybridized carbons (Fsp3) is 0.682. The quantitative estimate of drug-likeness (QED) is 0.0503. The van der Waals surface area contributed by atoms with Crippen LogP contribution in [-0.2, 0) is 33.6 Å². The highest BCUT2D eigenvalue weighted by molar-refractivity contribution is 5.73. The predicted molar refractivity (Wildman–Crippen MR) is 136 cm³/mol. The van der Waals surface area contributed by atoms with E-state index in [1.54, 1.807) is 0 Å². The average Bonchev–Trinajstić information content (AvgIpc) is 2.79. The van der Waals surface area contributed by atoms with Crippen LogP contribution < -0.4 is 0 Å². The van der Waals surface area contributed by atoms with Crippen molar-refractivity contribution in [3.8, 4) is 0 Å². The highest BCUT2D eigenvalue weighted by atomic mass is 16.4. The van der Waals surface area contributed by atoms with Gasteiger partial charge in [0.05, 0.1) is 45.8 Å². The Morgan fingerprint density at radius 1 is 0.268 bits per heavy atom. The van der Waals surface area contributed by atoms with Gasteiger partial charge in [0.1, 0.15) is 0 Å². The van der Waals surface area contributed by atoms with Crippen molar-refractivity contribution >= 4 is 41.8 Å². The fourth-order valence-corrected chi connectivity index (χ4v) is 3.71. The molecular formula is C22H37N5O14. The summed E-state index contributed by atoms with van der Waals surface area (Å²) in [6, 6.07) is 0. The summed E-state index contributed by atoms with van der Waals surface area (Å²) < 4.78 is 0. The van der Waals surface area contributed by atoms with Crippen LogP contribution in [0.15, 0.2) is 0 Å². The van der Waals surface area contributed by atoms with Crippen LogP contribution in [0, 0.1) is 0 Å². The molecule has 19 nitrogen and oxygen atoms in total. The molecule has 0 atom stereocenters. The zero-order chi connectivity index (χ0) is 31.5. The maximum absolute atomic E-state index is 11.4. The molecule has 7 N–H and O–H groups in total. The summed E-state index contributed by atoms with van der Waals surface area (Å²) in [4.78, 5) is 84.4. The third kappa shape index (κ3) is 21.6. The van der Waals surface area contributed by atoms with E-state index in [1.807, 2.05) is 0 Å². The molecule has 0 aliphatic carbocycles. The van der Waals surface area contributed by atoms with Crippen LogP contribution in [0.4, 0.5) is 0 Å². The molecule has 0 aliphatic rings. The van der Waals surface area contributed by atoms with Crippen LogP contribution in [-0.4, -0.2) is 200 Å². The van der Waals surface area contributed by atoms with Gasteiger partial charge < -0.3 is 35.7 Å². The molecule has 0 saturated heterocycles. The molecule has 0 unspecified atom stereocenters. The minimum Gasteiger partial charge on any atom is -0.480 e. The molecule has 0 aromatic rings. The maximum Gasteiger partial charge on any atom is 0.317 e. The second-order valence-electron chi connectivity index (χ2n) is 9.01. The van der Waals surface area contributed by atoms with Gasteiger partial charge in [-0.3, -0.25) is 58.1 Å². The van der Waals surface area contributed by atoms with E-state index in [1.165, 1.54) is 14.7 Å². The Kier molecular flexibility index (Phi) is 18.1. The van der Waals surface area contributed by atoms with E-state index < -0.39 is 87.6 Å². The van der Waals surface area contributed by atoms with Crippen LogP contribution in [0.5, 0.6) is 0 Å². The fourth-order valence-electron chi connectivity index (χ4n) is 3.71. The van der Waals surface area contributed by atoms with Crippen LogP contribution in [0.1, 0.15) is 0 Å². The van der Waals surface area contributed by atoms with Crippen molar-refractivity contribution < 1.29 is 69.3 Å². The molecule has 0 aliphatic heterocycles. The molecule has 234 valence electrons. The summed E-state index contributed by atoms with van der Waals surface area (Å²) in [6.07, 6.45) is 0. The van der Waals surface area contributed by atoms with E-state index >= 15 is 0 Å². The number of carboxylic acid groups (broad SMARTS) is 7. The minimum absolute atomic E-state index is 0.00249. The first-order valence-corrected chi connectivity index (χ1v) is 12.2. The first-order chi connectivity index (χ1) is 19.1. The van der Waals surface area contributed by atoms with Crippen molar-refractivity contribution in [2.75, 3.05) is 98.2 Å². The van der Waals surface area contributed by atoms with E-state index in [-0.39, 0.29) is 52.4 Å². The summed E-state index contributed by atoms with van der Waals surface area (Å²) in [5.74, 6) is -8.77. The number of hydrogen-bond acceptors (Lipinski definition) is 12. The van der Waals surface area contributed by atoms with Crippen molar-refractivity contribution in [1.82, 2.24) is 24.5 Å². The largest absolute Gasteiger partial charge is 0.480 e. The lowest BCUT2D eigenvalue weighted by atomic mass is 10.3. The van der Waals surface area contributed by atoms with E-state index in [0.29, 0.717) is 0 Å². The molecule has 0 rings (SSSR count). The van der Waals surface area contributed by atoms with Crippen LogP contribution in [0.25, 0.3) is 0 Å². The molecule has 41 heavy (non-hydrogen) atoms. The molecule has 0 aromatic heterocycles. The Balaban J connectivity index is 5.35. The first-order valence-electron chi connectivity index (χ1n) is 12.2. The van der Waals surface area contributed by atoms with Gasteiger partial charge in [-0.25, -0.2) is 0 Å². The zero-order valence-electron chi connectivity index (χ0n) is 22.3. The van der Waals surface area contributed by atoms with E-state index in [4.69, 9.17) is 20.4 Å². The van der Waals surface area contributed by atoms with Gasteiger partial charge in [-0.1, -0.05) is 0 Å². The number of carboxylic acids is 7. The standard InChI is InChI=1S/C22H37N5O14/c28-16(29)9-23(1-3-24(10-17(30)31)5-7-26(12-19(34)35)13-20(36)37)2-4-25(11-18(32)33)6-8-27(14-21(38)39)15-22(40)41/h1-15H2,(H,28,29)(H,30,31)(H,32,33)(H,34,35)(H,36,37)(H,38,39)(H,40,41). The highest BCUT2D eigenvalue weighted by Crippen LogP contribution is 2.00. The molecule has 0 aromatic carbocycles. The van der Waals surface area contributed by atoms with Gasteiger partial charge in [0.2, 0.25) is 0 Å². The van der Waals surface area contributed by atoms with Gasteiger partial charge in [0.25, 0.3) is 0 Å². The van der Waals surface area contributed by atoms with Crippen LogP contribution >= 0.6 is 0 Å². The van der Waals surface area contributed by atoms with Crippen LogP contribution in [0.2, 0.25) is 0 Å². The molecule has 0 heterocycles. The Morgan fingerprint density at radius 2 is 0.390 bits per heavy atom. The molecule has 0 saturated carbocycles. The van der Waals surface area contributed by atoms with Crippen LogP contribution in [0.3, 0.4) is 0 Å². The second-order valence-corrected chi connectivity index (χ2v) is 9.01. The molecule has 19 heteroatoms. The summed E-state index contributed by atoms with van der Waals surface area (Å²) in [6.45, 7) is -4.11. The number of carbonyl (C=O) groups is 7. The lowest BCUT2D eigenvalue weighted by Crippen LogP contribution is -2.47. The summed E-state index contributed by atoms with van der Waals surface area (Å²) in [5, 5.41) is 63.7. The molecule has 0 spiro atoms. The number of aliphatic carboxylic acids is 7. The lowest BCUT2D eigenvalue weighted by Gasteiger charge is -2.30. The van der Waals surface area contributed by atoms with Gasteiger partial charge in [-0.05, 0) is 0 Å². The first kappa shape index (κ1) is 37.1. The number of nitrogens with zero attached hydrogens (tertiary/aromatic N) is 5. The molecule has 0 fully saturated rings. The zero-order valence-corrected chi connectivity index (χ0v) is 22.3. The van der Waals surface area contributed by atoms with Gasteiger partial charge in [0.15, 0.2) is 0 Å². The summed E-state index contributed by atoms with van der Waals surface area (Å²) in [5.41, 5.74) is 0. The number of rotatable bonds is 26.